The van der Waals surface area contributed by atoms with Crippen molar-refractivity contribution in [1.82, 2.24) is 0 Å². The van der Waals surface area contributed by atoms with Crippen molar-refractivity contribution >= 4 is 27.8 Å². The summed E-state index contributed by atoms with van der Waals surface area (Å²) in [6.07, 6.45) is 4.68. The molecule has 0 heterocycles. The fourth-order valence-electron chi connectivity index (χ4n) is 1.25. The largest absolute Gasteiger partial charge is 0.294 e. The van der Waals surface area contributed by atoms with Crippen LogP contribution in [0.5, 0.6) is 0 Å². The molecule has 0 bridgehead atoms. The smallest absolute Gasteiger partial charge is 0.160 e. The predicted octanol–water partition coefficient (Wildman–Crippen LogP) is 3.83. The van der Waals surface area contributed by atoms with Crippen molar-refractivity contribution in [2.24, 2.45) is 0 Å². The second-order valence-corrected chi connectivity index (χ2v) is 3.96. The third kappa shape index (κ3) is 3.59. The van der Waals surface area contributed by atoms with Crippen molar-refractivity contribution < 1.29 is 9.18 Å². The van der Waals surface area contributed by atoms with Crippen LogP contribution >= 0.6 is 15.9 Å². The highest BCUT2D eigenvalue weighted by Gasteiger charge is 2.05. The van der Waals surface area contributed by atoms with Crippen LogP contribution in [0.25, 0.3) is 6.08 Å². The van der Waals surface area contributed by atoms with Crippen molar-refractivity contribution in [2.75, 3.05) is 5.33 Å². The summed E-state index contributed by atoms with van der Waals surface area (Å²) in [6, 6.07) is 4.26. The second kappa shape index (κ2) is 5.81. The number of rotatable bonds is 4. The van der Waals surface area contributed by atoms with Crippen LogP contribution in [0.1, 0.15) is 29.3 Å². The molecule has 0 radical (unpaired) electrons. The molecule has 0 atom stereocenters. The van der Waals surface area contributed by atoms with Crippen molar-refractivity contribution in [3.8, 4) is 0 Å². The molecule has 0 fully saturated rings. The lowest BCUT2D eigenvalue weighted by molar-refractivity contribution is 0.101. The first-order valence-corrected chi connectivity index (χ1v) is 5.80. The topological polar surface area (TPSA) is 17.1 Å². The maximum Gasteiger partial charge on any atom is 0.160 e. The molecule has 15 heavy (non-hydrogen) atoms. The molecule has 80 valence electrons. The van der Waals surface area contributed by atoms with E-state index in [-0.39, 0.29) is 11.6 Å². The molecular weight excluding hydrogens is 259 g/mol. The maximum atomic E-state index is 12.9. The minimum Gasteiger partial charge on any atom is -0.294 e. The van der Waals surface area contributed by atoms with Gasteiger partial charge in [-0.15, -0.1) is 0 Å². The van der Waals surface area contributed by atoms with Gasteiger partial charge in [0.25, 0.3) is 0 Å². The van der Waals surface area contributed by atoms with Gasteiger partial charge in [0, 0.05) is 10.9 Å². The maximum absolute atomic E-state index is 12.9. The molecule has 1 rings (SSSR count). The van der Waals surface area contributed by atoms with Crippen LogP contribution in [0.4, 0.5) is 4.39 Å². The number of allylic oxidation sites excluding steroid dienone is 1. The molecule has 0 spiro atoms. The van der Waals surface area contributed by atoms with Gasteiger partial charge in [-0.3, -0.25) is 4.79 Å². The zero-order valence-corrected chi connectivity index (χ0v) is 10.1. The first-order valence-electron chi connectivity index (χ1n) is 4.68. The van der Waals surface area contributed by atoms with E-state index in [1.165, 1.54) is 19.1 Å². The molecule has 0 aromatic heterocycles. The molecule has 0 aliphatic heterocycles. The minimum atomic E-state index is -0.377. The Balaban J connectivity index is 3.01. The summed E-state index contributed by atoms with van der Waals surface area (Å²) in [4.78, 5) is 11.2. The summed E-state index contributed by atoms with van der Waals surface area (Å²) >= 11 is 3.30. The Kier molecular flexibility index (Phi) is 4.69. The van der Waals surface area contributed by atoms with E-state index in [0.717, 1.165) is 17.3 Å². The van der Waals surface area contributed by atoms with Gasteiger partial charge in [0.2, 0.25) is 0 Å². The number of halogens is 2. The average Bonchev–Trinajstić information content (AvgIpc) is 2.20. The van der Waals surface area contributed by atoms with E-state index in [1.54, 1.807) is 6.07 Å². The van der Waals surface area contributed by atoms with Crippen LogP contribution in [0.2, 0.25) is 0 Å². The Labute approximate surface area is 97.1 Å². The molecule has 1 aromatic carbocycles. The number of carbonyl (C=O) groups excluding carboxylic acids is 1. The van der Waals surface area contributed by atoms with Gasteiger partial charge in [-0.25, -0.2) is 4.39 Å². The summed E-state index contributed by atoms with van der Waals surface area (Å²) in [5, 5.41) is 0.875. The first-order chi connectivity index (χ1) is 7.15. The molecule has 3 heteroatoms. The van der Waals surface area contributed by atoms with Crippen LogP contribution in [0.3, 0.4) is 0 Å². The quantitative estimate of drug-likeness (QED) is 0.601. The van der Waals surface area contributed by atoms with Gasteiger partial charge in [-0.1, -0.05) is 34.1 Å². The van der Waals surface area contributed by atoms with Crippen molar-refractivity contribution in [1.29, 1.82) is 0 Å². The minimum absolute atomic E-state index is 0.118. The van der Waals surface area contributed by atoms with Crippen LogP contribution < -0.4 is 0 Å². The van der Waals surface area contributed by atoms with Gasteiger partial charge in [0.05, 0.1) is 0 Å². The number of carbonyl (C=O) groups is 1. The standard InChI is InChI=1S/C12H12BrFO/c1-9(15)12-8-11(14)6-5-10(12)4-2-3-7-13/h2,4-6,8H,3,7H2,1H3. The van der Waals surface area contributed by atoms with E-state index in [0.29, 0.717) is 5.56 Å². The summed E-state index contributed by atoms with van der Waals surface area (Å²) in [6.45, 7) is 1.44. The predicted molar refractivity (Wildman–Crippen MR) is 63.8 cm³/mol. The molecule has 0 aliphatic rings. The average molecular weight is 271 g/mol. The number of ketones is 1. The van der Waals surface area contributed by atoms with Gasteiger partial charge in [0.15, 0.2) is 5.78 Å². The monoisotopic (exact) mass is 270 g/mol. The highest BCUT2D eigenvalue weighted by molar-refractivity contribution is 9.09. The molecule has 0 aliphatic carbocycles. The Bertz CT molecular complexity index is 385. The Morgan fingerprint density at radius 3 is 2.87 bits per heavy atom. The van der Waals surface area contributed by atoms with E-state index in [9.17, 15) is 9.18 Å². The van der Waals surface area contributed by atoms with Gasteiger partial charge in [-0.05, 0) is 31.0 Å². The fourth-order valence-corrected chi connectivity index (χ4v) is 1.52. The normalized spacial score (nSPS) is 10.9. The number of alkyl halides is 1. The molecular formula is C12H12BrFO. The van der Waals surface area contributed by atoms with E-state index in [2.05, 4.69) is 15.9 Å². The van der Waals surface area contributed by atoms with Crippen molar-refractivity contribution in [3.05, 3.63) is 41.2 Å². The van der Waals surface area contributed by atoms with E-state index >= 15 is 0 Å². The lowest BCUT2D eigenvalue weighted by atomic mass is 10.0. The number of benzene rings is 1. The SMILES string of the molecule is CC(=O)c1cc(F)ccc1C=CCCBr. The summed E-state index contributed by atoms with van der Waals surface area (Å²) in [5.41, 5.74) is 1.20. The van der Waals surface area contributed by atoms with E-state index in [4.69, 9.17) is 0 Å². The highest BCUT2D eigenvalue weighted by atomic mass is 79.9. The number of hydrogen-bond donors (Lipinski definition) is 0. The lowest BCUT2D eigenvalue weighted by Gasteiger charge is -2.01. The fraction of sp³-hybridized carbons (Fsp3) is 0.250. The zero-order valence-electron chi connectivity index (χ0n) is 8.47. The Hall–Kier alpha value is -0.960. The third-order valence-corrected chi connectivity index (χ3v) is 2.43. The van der Waals surface area contributed by atoms with Gasteiger partial charge < -0.3 is 0 Å². The van der Waals surface area contributed by atoms with E-state index in [1.807, 2.05) is 12.2 Å². The lowest BCUT2D eigenvalue weighted by Crippen LogP contribution is -1.96. The summed E-state index contributed by atoms with van der Waals surface area (Å²) < 4.78 is 12.9. The molecule has 0 saturated carbocycles. The third-order valence-electron chi connectivity index (χ3n) is 1.97. The Morgan fingerprint density at radius 2 is 2.27 bits per heavy atom. The molecule has 0 amide bonds. The van der Waals surface area contributed by atoms with Crippen LogP contribution in [0, 0.1) is 5.82 Å². The number of hydrogen-bond acceptors (Lipinski definition) is 1. The van der Waals surface area contributed by atoms with E-state index < -0.39 is 0 Å². The van der Waals surface area contributed by atoms with Gasteiger partial charge >= 0.3 is 0 Å². The van der Waals surface area contributed by atoms with Crippen molar-refractivity contribution in [3.63, 3.8) is 0 Å². The van der Waals surface area contributed by atoms with Crippen LogP contribution in [0.15, 0.2) is 24.3 Å². The molecule has 0 N–H and O–H groups in total. The van der Waals surface area contributed by atoms with Gasteiger partial charge in [-0.2, -0.15) is 0 Å². The molecule has 1 nitrogen and oxygen atoms in total. The van der Waals surface area contributed by atoms with Crippen LogP contribution in [-0.2, 0) is 0 Å². The second-order valence-electron chi connectivity index (χ2n) is 3.17. The van der Waals surface area contributed by atoms with Crippen molar-refractivity contribution in [2.45, 2.75) is 13.3 Å². The molecule has 0 unspecified atom stereocenters. The first kappa shape index (κ1) is 12.1. The number of Topliss-reactive ketones (excluding diaryl/α,β-unsaturated/α-hetero) is 1. The highest BCUT2D eigenvalue weighted by Crippen LogP contribution is 2.14. The Morgan fingerprint density at radius 1 is 1.53 bits per heavy atom. The molecule has 0 saturated heterocycles. The summed E-state index contributed by atoms with van der Waals surface area (Å²) in [7, 11) is 0. The van der Waals surface area contributed by atoms with Crippen LogP contribution in [-0.4, -0.2) is 11.1 Å². The zero-order chi connectivity index (χ0) is 11.3. The van der Waals surface area contributed by atoms with Gasteiger partial charge in [0.1, 0.15) is 5.82 Å². The molecule has 1 aromatic rings. The summed E-state index contributed by atoms with van der Waals surface area (Å²) in [5.74, 6) is -0.495.